The first-order chi connectivity index (χ1) is 13.0. The molecule has 4 nitrogen and oxygen atoms in total. The van der Waals surface area contributed by atoms with Gasteiger partial charge in [-0.2, -0.15) is 0 Å². The summed E-state index contributed by atoms with van der Waals surface area (Å²) in [6.07, 6.45) is 3.00. The molecule has 1 aromatic heterocycles. The number of rotatable bonds is 5. The second-order valence-corrected chi connectivity index (χ2v) is 6.10. The molecule has 0 aliphatic carbocycles. The van der Waals surface area contributed by atoms with Crippen molar-refractivity contribution in [1.29, 1.82) is 0 Å². The minimum Gasteiger partial charge on any atom is -0.354 e. The molecule has 0 unspecified atom stereocenters. The fraction of sp³-hybridized carbons (Fsp3) is 0.143. The Morgan fingerprint density at radius 1 is 1.04 bits per heavy atom. The molecule has 0 aliphatic rings. The molecule has 1 heterocycles. The van der Waals surface area contributed by atoms with Crippen LogP contribution in [0.1, 0.15) is 22.8 Å². The van der Waals surface area contributed by atoms with Gasteiger partial charge in [0.1, 0.15) is 0 Å². The Morgan fingerprint density at radius 2 is 1.85 bits per heavy atom. The van der Waals surface area contributed by atoms with Crippen LogP contribution in [0, 0.1) is 18.6 Å². The molecule has 27 heavy (non-hydrogen) atoms. The van der Waals surface area contributed by atoms with Gasteiger partial charge >= 0.3 is 0 Å². The first kappa shape index (κ1) is 18.5. The SMILES string of the molecule is CCN(C(=O)c1cncc(Nc2ccc(F)c(F)c2)c1)c1cccc(C)c1. The van der Waals surface area contributed by atoms with E-state index in [4.69, 9.17) is 0 Å². The van der Waals surface area contributed by atoms with Crippen molar-refractivity contribution in [3.05, 3.63) is 83.7 Å². The summed E-state index contributed by atoms with van der Waals surface area (Å²) in [7, 11) is 0. The number of hydrogen-bond donors (Lipinski definition) is 1. The molecule has 0 aliphatic heterocycles. The van der Waals surface area contributed by atoms with E-state index in [9.17, 15) is 13.6 Å². The van der Waals surface area contributed by atoms with Gasteiger partial charge in [-0.3, -0.25) is 9.78 Å². The van der Waals surface area contributed by atoms with Gasteiger partial charge in [0.25, 0.3) is 5.91 Å². The number of carbonyl (C=O) groups is 1. The third-order valence-corrected chi connectivity index (χ3v) is 4.07. The predicted molar refractivity (Wildman–Crippen MR) is 102 cm³/mol. The number of aryl methyl sites for hydroxylation is 1. The largest absolute Gasteiger partial charge is 0.354 e. The van der Waals surface area contributed by atoms with Crippen molar-refractivity contribution in [3.63, 3.8) is 0 Å². The highest BCUT2D eigenvalue weighted by molar-refractivity contribution is 6.06. The Hall–Kier alpha value is -3.28. The lowest BCUT2D eigenvalue weighted by Gasteiger charge is -2.21. The predicted octanol–water partition coefficient (Wildman–Crippen LogP) is 5.08. The maximum absolute atomic E-state index is 13.4. The highest BCUT2D eigenvalue weighted by Gasteiger charge is 2.17. The average molecular weight is 367 g/mol. The quantitative estimate of drug-likeness (QED) is 0.684. The van der Waals surface area contributed by atoms with E-state index in [1.165, 1.54) is 18.5 Å². The molecule has 3 rings (SSSR count). The van der Waals surface area contributed by atoms with Crippen LogP contribution in [0.4, 0.5) is 25.8 Å². The van der Waals surface area contributed by atoms with Crippen molar-refractivity contribution >= 4 is 23.0 Å². The van der Waals surface area contributed by atoms with Gasteiger partial charge in [-0.1, -0.05) is 12.1 Å². The molecule has 138 valence electrons. The fourth-order valence-corrected chi connectivity index (χ4v) is 2.76. The number of hydrogen-bond acceptors (Lipinski definition) is 3. The van der Waals surface area contributed by atoms with Crippen LogP contribution in [0.5, 0.6) is 0 Å². The van der Waals surface area contributed by atoms with Gasteiger partial charge in [0.05, 0.1) is 17.4 Å². The lowest BCUT2D eigenvalue weighted by Crippen LogP contribution is -2.30. The lowest BCUT2D eigenvalue weighted by atomic mass is 10.1. The first-order valence-corrected chi connectivity index (χ1v) is 8.53. The van der Waals surface area contributed by atoms with Crippen molar-refractivity contribution in [2.24, 2.45) is 0 Å². The number of halogens is 2. The van der Waals surface area contributed by atoms with Crippen molar-refractivity contribution in [1.82, 2.24) is 4.98 Å². The van der Waals surface area contributed by atoms with Gasteiger partial charge in [0, 0.05) is 30.2 Å². The highest BCUT2D eigenvalue weighted by Crippen LogP contribution is 2.22. The molecular formula is C21H19F2N3O. The number of carbonyl (C=O) groups excluding carboxylic acids is 1. The van der Waals surface area contributed by atoms with E-state index in [-0.39, 0.29) is 5.91 Å². The zero-order valence-corrected chi connectivity index (χ0v) is 15.0. The Morgan fingerprint density at radius 3 is 2.56 bits per heavy atom. The van der Waals surface area contributed by atoms with Crippen LogP contribution in [-0.4, -0.2) is 17.4 Å². The normalized spacial score (nSPS) is 10.5. The number of anilines is 3. The third kappa shape index (κ3) is 4.28. The molecular weight excluding hydrogens is 348 g/mol. The number of nitrogens with zero attached hydrogens (tertiary/aromatic N) is 2. The maximum atomic E-state index is 13.4. The number of nitrogens with one attached hydrogen (secondary N) is 1. The Labute approximate surface area is 156 Å². The van der Waals surface area contributed by atoms with Crippen molar-refractivity contribution < 1.29 is 13.6 Å². The van der Waals surface area contributed by atoms with Gasteiger partial charge in [-0.25, -0.2) is 8.78 Å². The van der Waals surface area contributed by atoms with E-state index in [2.05, 4.69) is 10.3 Å². The topological polar surface area (TPSA) is 45.2 Å². The summed E-state index contributed by atoms with van der Waals surface area (Å²) >= 11 is 0. The molecule has 0 spiro atoms. The van der Waals surface area contributed by atoms with Gasteiger partial charge in [0.2, 0.25) is 0 Å². The van der Waals surface area contributed by atoms with E-state index >= 15 is 0 Å². The molecule has 0 fully saturated rings. The second kappa shape index (κ2) is 7.95. The molecule has 0 saturated heterocycles. The molecule has 2 aromatic carbocycles. The zero-order valence-electron chi connectivity index (χ0n) is 15.0. The summed E-state index contributed by atoms with van der Waals surface area (Å²) in [6, 6.07) is 12.8. The second-order valence-electron chi connectivity index (χ2n) is 6.10. The number of aromatic nitrogens is 1. The monoisotopic (exact) mass is 367 g/mol. The van der Waals surface area contributed by atoms with E-state index in [1.54, 1.807) is 11.0 Å². The van der Waals surface area contributed by atoms with Gasteiger partial charge in [-0.05, 0) is 49.7 Å². The summed E-state index contributed by atoms with van der Waals surface area (Å²) in [4.78, 5) is 18.7. The van der Waals surface area contributed by atoms with Gasteiger partial charge in [0.15, 0.2) is 11.6 Å². The van der Waals surface area contributed by atoms with Crippen LogP contribution in [0.2, 0.25) is 0 Å². The summed E-state index contributed by atoms with van der Waals surface area (Å²) in [5.74, 6) is -2.05. The van der Waals surface area contributed by atoms with E-state index in [0.29, 0.717) is 23.5 Å². The maximum Gasteiger partial charge on any atom is 0.259 e. The Bertz CT molecular complexity index is 975. The fourth-order valence-electron chi connectivity index (χ4n) is 2.76. The molecule has 0 atom stereocenters. The van der Waals surface area contributed by atoms with Crippen molar-refractivity contribution in [2.45, 2.75) is 13.8 Å². The summed E-state index contributed by atoms with van der Waals surface area (Å²) in [6.45, 7) is 4.37. The van der Waals surface area contributed by atoms with Crippen LogP contribution in [-0.2, 0) is 0 Å². The van der Waals surface area contributed by atoms with Crippen LogP contribution in [0.25, 0.3) is 0 Å². The first-order valence-electron chi connectivity index (χ1n) is 8.53. The Kier molecular flexibility index (Phi) is 5.45. The van der Waals surface area contributed by atoms with E-state index in [0.717, 1.165) is 23.4 Å². The Balaban J connectivity index is 1.85. The van der Waals surface area contributed by atoms with Gasteiger partial charge < -0.3 is 10.2 Å². The molecule has 1 N–H and O–H groups in total. The van der Waals surface area contributed by atoms with Crippen molar-refractivity contribution in [2.75, 3.05) is 16.8 Å². The number of benzene rings is 2. The van der Waals surface area contributed by atoms with Gasteiger partial charge in [-0.15, -0.1) is 0 Å². The minimum atomic E-state index is -0.947. The molecule has 3 aromatic rings. The molecule has 6 heteroatoms. The minimum absolute atomic E-state index is 0.190. The summed E-state index contributed by atoms with van der Waals surface area (Å²) in [5.41, 5.74) is 3.14. The molecule has 0 bridgehead atoms. The molecule has 0 radical (unpaired) electrons. The summed E-state index contributed by atoms with van der Waals surface area (Å²) in [5, 5.41) is 2.93. The zero-order chi connectivity index (χ0) is 19.4. The molecule has 0 saturated carbocycles. The average Bonchev–Trinajstić information content (AvgIpc) is 2.65. The van der Waals surface area contributed by atoms with Crippen LogP contribution < -0.4 is 10.2 Å². The van der Waals surface area contributed by atoms with Crippen LogP contribution in [0.15, 0.2) is 60.9 Å². The number of amides is 1. The number of pyridine rings is 1. The van der Waals surface area contributed by atoms with E-state index in [1.807, 2.05) is 38.1 Å². The lowest BCUT2D eigenvalue weighted by molar-refractivity contribution is 0.0988. The highest BCUT2D eigenvalue weighted by atomic mass is 19.2. The van der Waals surface area contributed by atoms with Crippen LogP contribution in [0.3, 0.4) is 0 Å². The standard InChI is InChI=1S/C21H19F2N3O/c1-3-26(18-6-4-5-14(2)9-18)21(27)15-10-17(13-24-12-15)25-16-7-8-19(22)20(23)11-16/h4-13,25H,3H2,1-2H3. The third-order valence-electron chi connectivity index (χ3n) is 4.07. The van der Waals surface area contributed by atoms with Crippen LogP contribution >= 0.6 is 0 Å². The van der Waals surface area contributed by atoms with E-state index < -0.39 is 11.6 Å². The molecule has 1 amide bonds. The smallest absolute Gasteiger partial charge is 0.259 e. The summed E-state index contributed by atoms with van der Waals surface area (Å²) < 4.78 is 26.4. The van der Waals surface area contributed by atoms with Crippen molar-refractivity contribution in [3.8, 4) is 0 Å².